The highest BCUT2D eigenvalue weighted by atomic mass is 16.7. The molecule has 4 heteroatoms. The molecule has 86 valence electrons. The highest BCUT2D eigenvalue weighted by Crippen LogP contribution is 2.44. The Morgan fingerprint density at radius 1 is 1.00 bits per heavy atom. The normalized spacial score (nSPS) is 12.7. The van der Waals surface area contributed by atoms with E-state index < -0.39 is 0 Å². The summed E-state index contributed by atoms with van der Waals surface area (Å²) in [6.07, 6.45) is 0. The third kappa shape index (κ3) is 1.45. The highest BCUT2D eigenvalue weighted by Gasteiger charge is 2.20. The summed E-state index contributed by atoms with van der Waals surface area (Å²) < 4.78 is 10.5. The van der Waals surface area contributed by atoms with Gasteiger partial charge < -0.3 is 20.3 Å². The van der Waals surface area contributed by atoms with Crippen LogP contribution in [-0.2, 0) is 0 Å². The molecule has 3 N–H and O–H groups in total. The number of ether oxygens (including phenoxy) is 2. The number of nitrogen functional groups attached to an aromatic ring is 1. The molecule has 0 amide bonds. The van der Waals surface area contributed by atoms with Crippen LogP contribution >= 0.6 is 0 Å². The van der Waals surface area contributed by atoms with Gasteiger partial charge in [-0.05, 0) is 18.2 Å². The maximum absolute atomic E-state index is 9.81. The molecule has 2 aromatic rings. The van der Waals surface area contributed by atoms with E-state index in [1.165, 1.54) is 0 Å². The monoisotopic (exact) mass is 229 g/mol. The molecule has 0 saturated heterocycles. The zero-order valence-corrected chi connectivity index (χ0v) is 9.01. The number of aromatic hydroxyl groups is 1. The Hall–Kier alpha value is -2.36. The molecule has 0 spiro atoms. The minimum atomic E-state index is 0.184. The lowest BCUT2D eigenvalue weighted by Crippen LogP contribution is -1.95. The van der Waals surface area contributed by atoms with Gasteiger partial charge in [-0.25, -0.2) is 0 Å². The highest BCUT2D eigenvalue weighted by molar-refractivity contribution is 5.85. The van der Waals surface area contributed by atoms with Crippen LogP contribution in [0.4, 0.5) is 5.69 Å². The summed E-state index contributed by atoms with van der Waals surface area (Å²) in [5.74, 6) is 1.38. The maximum atomic E-state index is 9.81. The zero-order valence-electron chi connectivity index (χ0n) is 9.01. The molecule has 1 heterocycles. The number of hydrogen-bond acceptors (Lipinski definition) is 4. The van der Waals surface area contributed by atoms with Crippen molar-refractivity contribution in [2.75, 3.05) is 12.5 Å². The predicted molar refractivity (Wildman–Crippen MR) is 64.1 cm³/mol. The van der Waals surface area contributed by atoms with Crippen molar-refractivity contribution in [3.8, 4) is 28.4 Å². The standard InChI is InChI=1S/C13H11NO3/c14-12-9(8-3-1-2-4-10(8)15)5-6-11-13(12)17-7-16-11/h1-6,15H,7,14H2. The van der Waals surface area contributed by atoms with E-state index in [1.807, 2.05) is 18.2 Å². The van der Waals surface area contributed by atoms with Gasteiger partial charge in [0.05, 0.1) is 5.69 Å². The van der Waals surface area contributed by atoms with Crippen LogP contribution in [0.5, 0.6) is 17.2 Å². The van der Waals surface area contributed by atoms with E-state index in [-0.39, 0.29) is 12.5 Å². The lowest BCUT2D eigenvalue weighted by Gasteiger charge is -2.09. The second kappa shape index (κ2) is 3.59. The van der Waals surface area contributed by atoms with Crippen LogP contribution in [-0.4, -0.2) is 11.9 Å². The number of phenols is 1. The number of para-hydroxylation sites is 1. The van der Waals surface area contributed by atoms with Crippen LogP contribution in [0.2, 0.25) is 0 Å². The van der Waals surface area contributed by atoms with Gasteiger partial charge in [0.25, 0.3) is 0 Å². The van der Waals surface area contributed by atoms with E-state index >= 15 is 0 Å². The van der Waals surface area contributed by atoms with Crippen molar-refractivity contribution >= 4 is 5.69 Å². The first-order valence-electron chi connectivity index (χ1n) is 5.24. The predicted octanol–water partition coefficient (Wildman–Crippen LogP) is 2.37. The van der Waals surface area contributed by atoms with Gasteiger partial charge in [0.2, 0.25) is 6.79 Å². The number of phenolic OH excluding ortho intramolecular Hbond substituents is 1. The Kier molecular flexibility index (Phi) is 2.08. The molecule has 4 nitrogen and oxygen atoms in total. The van der Waals surface area contributed by atoms with Gasteiger partial charge >= 0.3 is 0 Å². The fourth-order valence-electron chi connectivity index (χ4n) is 1.93. The Labute approximate surface area is 98.2 Å². The van der Waals surface area contributed by atoms with Gasteiger partial charge in [0.1, 0.15) is 5.75 Å². The minimum absolute atomic E-state index is 0.184. The fraction of sp³-hybridized carbons (Fsp3) is 0.0769. The van der Waals surface area contributed by atoms with Gasteiger partial charge in [0, 0.05) is 11.1 Å². The molecule has 2 aromatic carbocycles. The van der Waals surface area contributed by atoms with E-state index in [9.17, 15) is 5.11 Å². The molecule has 0 saturated carbocycles. The first-order valence-corrected chi connectivity index (χ1v) is 5.24. The molecule has 1 aliphatic rings. The van der Waals surface area contributed by atoms with Gasteiger partial charge in [0.15, 0.2) is 11.5 Å². The molecule has 0 bridgehead atoms. The second-order valence-electron chi connectivity index (χ2n) is 3.78. The Balaban J connectivity index is 2.20. The molecule has 3 rings (SSSR count). The average Bonchev–Trinajstić information content (AvgIpc) is 2.80. The molecule has 0 unspecified atom stereocenters. The summed E-state index contributed by atoms with van der Waals surface area (Å²) >= 11 is 0. The molecule has 0 atom stereocenters. The molecule has 1 aliphatic heterocycles. The number of nitrogens with two attached hydrogens (primary N) is 1. The lowest BCUT2D eigenvalue weighted by atomic mass is 10.0. The summed E-state index contributed by atoms with van der Waals surface area (Å²) in [5.41, 5.74) is 7.93. The average molecular weight is 229 g/mol. The van der Waals surface area contributed by atoms with Gasteiger partial charge in [-0.1, -0.05) is 18.2 Å². The van der Waals surface area contributed by atoms with Crippen LogP contribution in [0.25, 0.3) is 11.1 Å². The number of fused-ring (bicyclic) bond motifs is 1. The summed E-state index contributed by atoms with van der Waals surface area (Å²) in [4.78, 5) is 0. The van der Waals surface area contributed by atoms with Crippen LogP contribution in [0, 0.1) is 0 Å². The number of anilines is 1. The van der Waals surface area contributed by atoms with E-state index in [2.05, 4.69) is 0 Å². The summed E-state index contributed by atoms with van der Waals surface area (Å²) in [6.45, 7) is 0.184. The van der Waals surface area contributed by atoms with Crippen LogP contribution in [0.3, 0.4) is 0 Å². The summed E-state index contributed by atoms with van der Waals surface area (Å²) in [6, 6.07) is 10.7. The van der Waals surface area contributed by atoms with E-state index in [1.54, 1.807) is 18.2 Å². The van der Waals surface area contributed by atoms with Crippen molar-refractivity contribution in [3.63, 3.8) is 0 Å². The number of benzene rings is 2. The van der Waals surface area contributed by atoms with Crippen molar-refractivity contribution in [1.82, 2.24) is 0 Å². The van der Waals surface area contributed by atoms with Crippen LogP contribution in [0.1, 0.15) is 0 Å². The third-order valence-corrected chi connectivity index (χ3v) is 2.77. The lowest BCUT2D eigenvalue weighted by molar-refractivity contribution is 0.174. The van der Waals surface area contributed by atoms with Crippen molar-refractivity contribution in [3.05, 3.63) is 36.4 Å². The Morgan fingerprint density at radius 2 is 1.82 bits per heavy atom. The molecule has 0 aliphatic carbocycles. The third-order valence-electron chi connectivity index (χ3n) is 2.77. The van der Waals surface area contributed by atoms with E-state index in [0.717, 1.165) is 5.56 Å². The largest absolute Gasteiger partial charge is 0.507 e. The quantitative estimate of drug-likeness (QED) is 0.737. The fourth-order valence-corrected chi connectivity index (χ4v) is 1.93. The first kappa shape index (κ1) is 9.84. The van der Waals surface area contributed by atoms with E-state index in [4.69, 9.17) is 15.2 Å². The smallest absolute Gasteiger partial charge is 0.231 e. The van der Waals surface area contributed by atoms with Crippen molar-refractivity contribution < 1.29 is 14.6 Å². The van der Waals surface area contributed by atoms with Crippen molar-refractivity contribution in [2.45, 2.75) is 0 Å². The molecule has 0 fully saturated rings. The van der Waals surface area contributed by atoms with Crippen molar-refractivity contribution in [1.29, 1.82) is 0 Å². The Morgan fingerprint density at radius 3 is 2.65 bits per heavy atom. The maximum Gasteiger partial charge on any atom is 0.231 e. The number of hydrogen-bond donors (Lipinski definition) is 2. The molecule has 0 aromatic heterocycles. The molecular formula is C13H11NO3. The van der Waals surface area contributed by atoms with Crippen molar-refractivity contribution in [2.24, 2.45) is 0 Å². The Bertz CT molecular complexity index is 581. The topological polar surface area (TPSA) is 64.7 Å². The molecule has 17 heavy (non-hydrogen) atoms. The van der Waals surface area contributed by atoms with Gasteiger partial charge in [-0.15, -0.1) is 0 Å². The second-order valence-corrected chi connectivity index (χ2v) is 3.78. The van der Waals surface area contributed by atoms with E-state index in [0.29, 0.717) is 22.7 Å². The molecule has 0 radical (unpaired) electrons. The van der Waals surface area contributed by atoms with Gasteiger partial charge in [-0.2, -0.15) is 0 Å². The minimum Gasteiger partial charge on any atom is -0.507 e. The van der Waals surface area contributed by atoms with Gasteiger partial charge in [-0.3, -0.25) is 0 Å². The first-order chi connectivity index (χ1) is 8.27. The summed E-state index contributed by atoms with van der Waals surface area (Å²) in [7, 11) is 0. The van der Waals surface area contributed by atoms with Crippen LogP contribution in [0.15, 0.2) is 36.4 Å². The summed E-state index contributed by atoms with van der Waals surface area (Å²) in [5, 5.41) is 9.81. The molecular weight excluding hydrogens is 218 g/mol. The SMILES string of the molecule is Nc1c(-c2ccccc2O)ccc2c1OCO2. The zero-order chi connectivity index (χ0) is 11.8. The van der Waals surface area contributed by atoms with Crippen LogP contribution < -0.4 is 15.2 Å². The number of rotatable bonds is 1.